The van der Waals surface area contributed by atoms with E-state index in [9.17, 15) is 4.79 Å². The fourth-order valence-electron chi connectivity index (χ4n) is 1.71. The Bertz CT molecular complexity index is 589. The summed E-state index contributed by atoms with van der Waals surface area (Å²) in [5, 5.41) is 2.72. The average Bonchev–Trinajstić information content (AvgIpc) is 2.38. The van der Waals surface area contributed by atoms with Crippen LogP contribution in [0.25, 0.3) is 11.3 Å². The maximum absolute atomic E-state index is 11.7. The summed E-state index contributed by atoms with van der Waals surface area (Å²) in [5.74, 6) is 0. The highest BCUT2D eigenvalue weighted by molar-refractivity contribution is 5.86. The van der Waals surface area contributed by atoms with Gasteiger partial charge in [0.05, 0.1) is 5.69 Å². The SMILES string of the molecule is CC(C)(C)OC(=O)Nc1cccc(-c2ccccn2)c1. The van der Waals surface area contributed by atoms with Crippen molar-refractivity contribution >= 4 is 11.8 Å². The molecule has 0 spiro atoms. The number of carbonyl (C=O) groups is 1. The van der Waals surface area contributed by atoms with Crippen LogP contribution in [0.5, 0.6) is 0 Å². The van der Waals surface area contributed by atoms with Crippen molar-refractivity contribution in [1.82, 2.24) is 4.98 Å². The van der Waals surface area contributed by atoms with E-state index in [-0.39, 0.29) is 0 Å². The van der Waals surface area contributed by atoms with E-state index in [1.54, 1.807) is 6.20 Å². The van der Waals surface area contributed by atoms with Gasteiger partial charge in [0, 0.05) is 17.4 Å². The van der Waals surface area contributed by atoms with Gasteiger partial charge in [-0.25, -0.2) is 4.79 Å². The number of carbonyl (C=O) groups excluding carboxylic acids is 1. The summed E-state index contributed by atoms with van der Waals surface area (Å²) in [6.07, 6.45) is 1.28. The van der Waals surface area contributed by atoms with Crippen molar-refractivity contribution < 1.29 is 9.53 Å². The summed E-state index contributed by atoms with van der Waals surface area (Å²) in [7, 11) is 0. The van der Waals surface area contributed by atoms with Crippen molar-refractivity contribution in [3.63, 3.8) is 0 Å². The highest BCUT2D eigenvalue weighted by atomic mass is 16.6. The number of hydrogen-bond donors (Lipinski definition) is 1. The van der Waals surface area contributed by atoms with Crippen molar-refractivity contribution in [1.29, 1.82) is 0 Å². The van der Waals surface area contributed by atoms with Gasteiger partial charge in [-0.05, 0) is 45.0 Å². The molecule has 0 radical (unpaired) electrons. The van der Waals surface area contributed by atoms with Crippen LogP contribution in [0.3, 0.4) is 0 Å². The molecule has 1 amide bonds. The van der Waals surface area contributed by atoms with Crippen LogP contribution in [0.2, 0.25) is 0 Å². The molecule has 0 saturated heterocycles. The first-order valence-corrected chi connectivity index (χ1v) is 6.45. The van der Waals surface area contributed by atoms with Gasteiger partial charge in [-0.3, -0.25) is 10.3 Å². The monoisotopic (exact) mass is 270 g/mol. The van der Waals surface area contributed by atoms with Crippen molar-refractivity contribution in [2.45, 2.75) is 26.4 Å². The van der Waals surface area contributed by atoms with E-state index in [4.69, 9.17) is 4.74 Å². The minimum atomic E-state index is -0.511. The molecular formula is C16H18N2O2. The molecule has 0 unspecified atom stereocenters. The van der Waals surface area contributed by atoms with Crippen LogP contribution >= 0.6 is 0 Å². The van der Waals surface area contributed by atoms with Gasteiger partial charge in [0.2, 0.25) is 0 Å². The number of aromatic nitrogens is 1. The van der Waals surface area contributed by atoms with Gasteiger partial charge in [-0.15, -0.1) is 0 Å². The van der Waals surface area contributed by atoms with Crippen molar-refractivity contribution in [2.75, 3.05) is 5.32 Å². The zero-order chi connectivity index (χ0) is 14.6. The van der Waals surface area contributed by atoms with E-state index < -0.39 is 11.7 Å². The maximum atomic E-state index is 11.7. The predicted octanol–water partition coefficient (Wildman–Crippen LogP) is 4.10. The number of amides is 1. The summed E-state index contributed by atoms with van der Waals surface area (Å²) < 4.78 is 5.22. The molecule has 0 atom stereocenters. The third-order valence-corrected chi connectivity index (χ3v) is 2.47. The number of ether oxygens (including phenoxy) is 1. The van der Waals surface area contributed by atoms with Gasteiger partial charge < -0.3 is 4.74 Å². The Kier molecular flexibility index (Phi) is 4.03. The quantitative estimate of drug-likeness (QED) is 0.894. The van der Waals surface area contributed by atoms with Crippen LogP contribution in [0.4, 0.5) is 10.5 Å². The second kappa shape index (κ2) is 5.74. The molecule has 1 N–H and O–H groups in total. The number of pyridine rings is 1. The molecule has 0 aliphatic rings. The summed E-state index contributed by atoms with van der Waals surface area (Å²) in [6.45, 7) is 5.49. The second-order valence-electron chi connectivity index (χ2n) is 5.42. The molecule has 0 saturated carbocycles. The Morgan fingerprint density at radius 1 is 1.15 bits per heavy atom. The standard InChI is InChI=1S/C16H18N2O2/c1-16(2,3)20-15(19)18-13-8-6-7-12(11-13)14-9-4-5-10-17-14/h4-11H,1-3H3,(H,18,19). The molecule has 4 nitrogen and oxygen atoms in total. The lowest BCUT2D eigenvalue weighted by Gasteiger charge is -2.19. The van der Waals surface area contributed by atoms with Gasteiger partial charge in [-0.1, -0.05) is 18.2 Å². The number of nitrogens with zero attached hydrogens (tertiary/aromatic N) is 1. The second-order valence-corrected chi connectivity index (χ2v) is 5.42. The van der Waals surface area contributed by atoms with Crippen LogP contribution < -0.4 is 5.32 Å². The molecule has 2 rings (SSSR count). The molecule has 4 heteroatoms. The first-order chi connectivity index (χ1) is 9.44. The normalized spacial score (nSPS) is 10.9. The molecule has 1 aromatic heterocycles. The van der Waals surface area contributed by atoms with Crippen molar-refractivity contribution in [2.24, 2.45) is 0 Å². The fraction of sp³-hybridized carbons (Fsp3) is 0.250. The average molecular weight is 270 g/mol. The third kappa shape index (κ3) is 4.09. The number of rotatable bonds is 2. The van der Waals surface area contributed by atoms with E-state index in [0.29, 0.717) is 5.69 Å². The molecule has 20 heavy (non-hydrogen) atoms. The summed E-state index contributed by atoms with van der Waals surface area (Å²) in [4.78, 5) is 16.0. The number of nitrogens with one attached hydrogen (secondary N) is 1. The van der Waals surface area contributed by atoms with Gasteiger partial charge >= 0.3 is 6.09 Å². The van der Waals surface area contributed by atoms with Gasteiger partial charge in [0.15, 0.2) is 0 Å². The van der Waals surface area contributed by atoms with Crippen LogP contribution in [-0.2, 0) is 4.74 Å². The summed E-state index contributed by atoms with van der Waals surface area (Å²) in [6, 6.07) is 13.2. The number of anilines is 1. The Hall–Kier alpha value is -2.36. The van der Waals surface area contributed by atoms with Crippen molar-refractivity contribution in [3.8, 4) is 11.3 Å². The first-order valence-electron chi connectivity index (χ1n) is 6.45. The Balaban J connectivity index is 2.13. The number of hydrogen-bond acceptors (Lipinski definition) is 3. The lowest BCUT2D eigenvalue weighted by atomic mass is 10.1. The molecule has 0 aliphatic carbocycles. The van der Waals surface area contributed by atoms with Crippen LogP contribution in [0.1, 0.15) is 20.8 Å². The Morgan fingerprint density at radius 2 is 1.95 bits per heavy atom. The molecule has 104 valence electrons. The zero-order valence-corrected chi connectivity index (χ0v) is 11.9. The van der Waals surface area contributed by atoms with E-state index >= 15 is 0 Å². The molecule has 1 aromatic carbocycles. The van der Waals surface area contributed by atoms with E-state index in [1.807, 2.05) is 63.2 Å². The van der Waals surface area contributed by atoms with E-state index in [1.165, 1.54) is 0 Å². The molecule has 0 aliphatic heterocycles. The molecule has 0 bridgehead atoms. The highest BCUT2D eigenvalue weighted by Crippen LogP contribution is 2.21. The third-order valence-electron chi connectivity index (χ3n) is 2.47. The molecular weight excluding hydrogens is 252 g/mol. The van der Waals surface area contributed by atoms with Gasteiger partial charge in [0.25, 0.3) is 0 Å². The minimum absolute atomic E-state index is 0.462. The topological polar surface area (TPSA) is 51.2 Å². The predicted molar refractivity (Wildman–Crippen MR) is 79.5 cm³/mol. The highest BCUT2D eigenvalue weighted by Gasteiger charge is 2.16. The Morgan fingerprint density at radius 3 is 2.60 bits per heavy atom. The van der Waals surface area contributed by atoms with Crippen LogP contribution in [-0.4, -0.2) is 16.7 Å². The minimum Gasteiger partial charge on any atom is -0.444 e. The van der Waals surface area contributed by atoms with Crippen LogP contribution in [0, 0.1) is 0 Å². The van der Waals surface area contributed by atoms with E-state index in [0.717, 1.165) is 11.3 Å². The maximum Gasteiger partial charge on any atom is 0.412 e. The smallest absolute Gasteiger partial charge is 0.412 e. The largest absolute Gasteiger partial charge is 0.444 e. The Labute approximate surface area is 118 Å². The van der Waals surface area contributed by atoms with Crippen molar-refractivity contribution in [3.05, 3.63) is 48.7 Å². The number of benzene rings is 1. The fourth-order valence-corrected chi connectivity index (χ4v) is 1.71. The first kappa shape index (κ1) is 14.1. The van der Waals surface area contributed by atoms with E-state index in [2.05, 4.69) is 10.3 Å². The lowest BCUT2D eigenvalue weighted by Crippen LogP contribution is -2.27. The van der Waals surface area contributed by atoms with Gasteiger partial charge in [0.1, 0.15) is 5.60 Å². The molecule has 0 fully saturated rings. The lowest BCUT2D eigenvalue weighted by molar-refractivity contribution is 0.0636. The van der Waals surface area contributed by atoms with Gasteiger partial charge in [-0.2, -0.15) is 0 Å². The summed E-state index contributed by atoms with van der Waals surface area (Å²) >= 11 is 0. The molecule has 1 heterocycles. The molecule has 2 aromatic rings. The summed E-state index contributed by atoms with van der Waals surface area (Å²) in [5.41, 5.74) is 1.98. The zero-order valence-electron chi connectivity index (χ0n) is 11.9. The van der Waals surface area contributed by atoms with Crippen LogP contribution in [0.15, 0.2) is 48.7 Å².